The highest BCUT2D eigenvalue weighted by Gasteiger charge is 2.24. The van der Waals surface area contributed by atoms with Gasteiger partial charge in [-0.25, -0.2) is 0 Å². The molecule has 0 saturated heterocycles. The molecule has 6 nitrogen and oxygen atoms in total. The van der Waals surface area contributed by atoms with E-state index in [1.807, 2.05) is 6.07 Å². The monoisotopic (exact) mass is 280 g/mol. The molecule has 1 unspecified atom stereocenters. The number of aliphatic carboxylic acids is 1. The van der Waals surface area contributed by atoms with Crippen LogP contribution in [-0.2, 0) is 4.79 Å². The molecule has 1 rings (SSSR count). The van der Waals surface area contributed by atoms with Crippen molar-refractivity contribution in [1.29, 1.82) is 5.26 Å². The van der Waals surface area contributed by atoms with Crippen LogP contribution in [0.25, 0.3) is 0 Å². The van der Waals surface area contributed by atoms with Crippen molar-refractivity contribution in [3.05, 3.63) is 33.9 Å². The van der Waals surface area contributed by atoms with Crippen molar-refractivity contribution in [2.45, 2.75) is 24.0 Å². The number of nitrogens with zero attached hydrogens (tertiary/aromatic N) is 2. The van der Waals surface area contributed by atoms with E-state index in [-0.39, 0.29) is 17.2 Å². The summed E-state index contributed by atoms with van der Waals surface area (Å²) >= 11 is 1.03. The van der Waals surface area contributed by atoms with E-state index in [0.29, 0.717) is 4.90 Å². The quantitative estimate of drug-likeness (QED) is 0.505. The molecule has 0 saturated carbocycles. The first-order valence-electron chi connectivity index (χ1n) is 5.44. The van der Waals surface area contributed by atoms with E-state index >= 15 is 0 Å². The molecule has 0 fully saturated rings. The zero-order valence-corrected chi connectivity index (χ0v) is 11.2. The number of benzene rings is 1. The van der Waals surface area contributed by atoms with Crippen LogP contribution in [-0.4, -0.2) is 21.2 Å². The molecule has 1 aromatic carbocycles. The van der Waals surface area contributed by atoms with Crippen molar-refractivity contribution in [3.8, 4) is 6.07 Å². The smallest absolute Gasteiger partial charge is 0.317 e. The fourth-order valence-corrected chi connectivity index (χ4v) is 2.45. The third-order valence-electron chi connectivity index (χ3n) is 2.40. The lowest BCUT2D eigenvalue weighted by Crippen LogP contribution is -2.22. The Labute approximate surface area is 114 Å². The van der Waals surface area contributed by atoms with E-state index in [9.17, 15) is 14.9 Å². The number of rotatable bonds is 5. The van der Waals surface area contributed by atoms with Crippen LogP contribution in [0.5, 0.6) is 0 Å². The van der Waals surface area contributed by atoms with Gasteiger partial charge in [0.2, 0.25) is 0 Å². The second kappa shape index (κ2) is 6.20. The molecule has 1 N–H and O–H groups in total. The zero-order valence-electron chi connectivity index (χ0n) is 10.4. The fraction of sp³-hybridized carbons (Fsp3) is 0.333. The number of thioether (sulfide) groups is 1. The summed E-state index contributed by atoms with van der Waals surface area (Å²) in [7, 11) is 0. The van der Waals surface area contributed by atoms with Gasteiger partial charge in [0.1, 0.15) is 11.3 Å². The van der Waals surface area contributed by atoms with Gasteiger partial charge in [0, 0.05) is 17.0 Å². The number of nitro groups is 1. The Kier molecular flexibility index (Phi) is 4.89. The SMILES string of the molecule is CC(C)C(Sc1ccc([N+](=O)[O-])cc1C#N)C(=O)O. The first kappa shape index (κ1) is 15.0. The number of nitriles is 1. The fourth-order valence-electron chi connectivity index (χ4n) is 1.43. The van der Waals surface area contributed by atoms with Crippen LogP contribution in [0.1, 0.15) is 19.4 Å². The highest BCUT2D eigenvalue weighted by atomic mass is 32.2. The molecule has 0 spiro atoms. The van der Waals surface area contributed by atoms with E-state index in [4.69, 9.17) is 10.4 Å². The van der Waals surface area contributed by atoms with E-state index in [0.717, 1.165) is 17.8 Å². The highest BCUT2D eigenvalue weighted by molar-refractivity contribution is 8.00. The summed E-state index contributed by atoms with van der Waals surface area (Å²) in [5, 5.41) is 28.0. The minimum atomic E-state index is -0.970. The number of hydrogen-bond acceptors (Lipinski definition) is 5. The molecule has 0 aliphatic heterocycles. The van der Waals surface area contributed by atoms with Crippen LogP contribution in [0.4, 0.5) is 5.69 Å². The molecule has 0 aromatic heterocycles. The van der Waals surface area contributed by atoms with E-state index in [1.54, 1.807) is 13.8 Å². The number of non-ortho nitro benzene ring substituents is 1. The first-order valence-corrected chi connectivity index (χ1v) is 6.32. The molecular weight excluding hydrogens is 268 g/mol. The minimum Gasteiger partial charge on any atom is -0.480 e. The number of carbonyl (C=O) groups is 1. The number of nitro benzene ring substituents is 1. The van der Waals surface area contributed by atoms with Gasteiger partial charge in [0.05, 0.1) is 10.5 Å². The van der Waals surface area contributed by atoms with Crippen LogP contribution in [0.2, 0.25) is 0 Å². The maximum Gasteiger partial charge on any atom is 0.317 e. The standard InChI is InChI=1S/C12H12N2O4S/c1-7(2)11(12(15)16)19-10-4-3-9(14(17)18)5-8(10)6-13/h3-5,7,11H,1-2H3,(H,15,16). The van der Waals surface area contributed by atoms with Crippen LogP contribution >= 0.6 is 11.8 Å². The van der Waals surface area contributed by atoms with Crippen LogP contribution < -0.4 is 0 Å². The number of carboxylic acid groups (broad SMARTS) is 1. The van der Waals surface area contributed by atoms with Crippen LogP contribution in [0, 0.1) is 27.4 Å². The third-order valence-corrected chi connectivity index (χ3v) is 4.01. The van der Waals surface area contributed by atoms with E-state index < -0.39 is 16.1 Å². The number of carboxylic acids is 1. The summed E-state index contributed by atoms with van der Waals surface area (Å²) in [6.45, 7) is 3.53. The Balaban J connectivity index is 3.11. The lowest BCUT2D eigenvalue weighted by Gasteiger charge is -2.16. The predicted octanol–water partition coefficient (Wildman–Crippen LogP) is 2.67. The Hall–Kier alpha value is -2.07. The lowest BCUT2D eigenvalue weighted by atomic mass is 10.1. The normalized spacial score (nSPS) is 11.9. The van der Waals surface area contributed by atoms with Gasteiger partial charge in [-0.05, 0) is 12.0 Å². The van der Waals surface area contributed by atoms with Crippen molar-refractivity contribution in [1.82, 2.24) is 0 Å². The second-order valence-corrected chi connectivity index (χ2v) is 5.35. The molecule has 0 radical (unpaired) electrons. The van der Waals surface area contributed by atoms with Crippen molar-refractivity contribution >= 4 is 23.4 Å². The van der Waals surface area contributed by atoms with Gasteiger partial charge >= 0.3 is 5.97 Å². The summed E-state index contributed by atoms with van der Waals surface area (Å²) in [6.07, 6.45) is 0. The van der Waals surface area contributed by atoms with E-state index in [1.165, 1.54) is 12.1 Å². The van der Waals surface area contributed by atoms with Gasteiger partial charge in [0.25, 0.3) is 5.69 Å². The summed E-state index contributed by atoms with van der Waals surface area (Å²) < 4.78 is 0. The highest BCUT2D eigenvalue weighted by Crippen LogP contribution is 2.32. The number of hydrogen-bond donors (Lipinski definition) is 1. The molecule has 1 aromatic rings. The first-order chi connectivity index (χ1) is 8.86. The average molecular weight is 280 g/mol. The molecule has 0 aliphatic rings. The van der Waals surface area contributed by atoms with Crippen molar-refractivity contribution in [2.24, 2.45) is 5.92 Å². The molecule has 1 atom stereocenters. The summed E-state index contributed by atoms with van der Waals surface area (Å²) in [6, 6.07) is 5.69. The van der Waals surface area contributed by atoms with Crippen molar-refractivity contribution in [2.75, 3.05) is 0 Å². The van der Waals surface area contributed by atoms with Gasteiger partial charge in [-0.3, -0.25) is 14.9 Å². The minimum absolute atomic E-state index is 0.117. The summed E-state index contributed by atoms with van der Waals surface area (Å²) in [5.41, 5.74) is -0.0663. The maximum atomic E-state index is 11.1. The molecule has 19 heavy (non-hydrogen) atoms. The van der Waals surface area contributed by atoms with Gasteiger partial charge < -0.3 is 5.11 Å². The molecule has 0 heterocycles. The Bertz CT molecular complexity index is 551. The zero-order chi connectivity index (χ0) is 14.6. The molecule has 0 bridgehead atoms. The molecule has 7 heteroatoms. The van der Waals surface area contributed by atoms with E-state index in [2.05, 4.69) is 0 Å². The maximum absolute atomic E-state index is 11.1. The van der Waals surface area contributed by atoms with Crippen molar-refractivity contribution < 1.29 is 14.8 Å². The van der Waals surface area contributed by atoms with Gasteiger partial charge in [-0.1, -0.05) is 13.8 Å². The summed E-state index contributed by atoms with van der Waals surface area (Å²) in [4.78, 5) is 21.6. The van der Waals surface area contributed by atoms with Gasteiger partial charge in [0.15, 0.2) is 0 Å². The Morgan fingerprint density at radius 3 is 2.58 bits per heavy atom. The molecule has 0 amide bonds. The third kappa shape index (κ3) is 3.69. The molecule has 0 aliphatic carbocycles. The van der Waals surface area contributed by atoms with Gasteiger partial charge in [-0.15, -0.1) is 11.8 Å². The predicted molar refractivity (Wildman–Crippen MR) is 69.9 cm³/mol. The van der Waals surface area contributed by atoms with Crippen molar-refractivity contribution in [3.63, 3.8) is 0 Å². The average Bonchev–Trinajstić information content (AvgIpc) is 2.34. The van der Waals surface area contributed by atoms with Crippen LogP contribution in [0.3, 0.4) is 0 Å². The molecule has 100 valence electrons. The molecular formula is C12H12N2O4S. The lowest BCUT2D eigenvalue weighted by molar-refractivity contribution is -0.384. The largest absolute Gasteiger partial charge is 0.480 e. The topological polar surface area (TPSA) is 104 Å². The Morgan fingerprint density at radius 1 is 1.53 bits per heavy atom. The van der Waals surface area contributed by atoms with Crippen LogP contribution in [0.15, 0.2) is 23.1 Å². The second-order valence-electron chi connectivity index (χ2n) is 4.17. The Morgan fingerprint density at radius 2 is 2.16 bits per heavy atom. The van der Waals surface area contributed by atoms with Gasteiger partial charge in [-0.2, -0.15) is 5.26 Å². The summed E-state index contributed by atoms with van der Waals surface area (Å²) in [5.74, 6) is -1.09.